The Balaban J connectivity index is 1.47. The summed E-state index contributed by atoms with van der Waals surface area (Å²) in [6, 6.07) is 5.28. The fourth-order valence-corrected chi connectivity index (χ4v) is 3.62. The van der Waals surface area contributed by atoms with E-state index in [4.69, 9.17) is 16.3 Å². The van der Waals surface area contributed by atoms with Gasteiger partial charge in [0.2, 0.25) is 0 Å². The van der Waals surface area contributed by atoms with Gasteiger partial charge in [0.1, 0.15) is 17.7 Å². The lowest BCUT2D eigenvalue weighted by atomic mass is 10.1. The maximum absolute atomic E-state index is 13.8. The molecule has 0 aliphatic carbocycles. The number of rotatable bonds is 3. The van der Waals surface area contributed by atoms with E-state index in [-0.39, 0.29) is 11.9 Å². The number of hydrogen-bond acceptors (Lipinski definition) is 4. The molecule has 0 atom stereocenters. The number of piperidine rings is 1. The lowest BCUT2D eigenvalue weighted by Gasteiger charge is -2.33. The number of aromatic nitrogens is 2. The third kappa shape index (κ3) is 3.67. The van der Waals surface area contributed by atoms with E-state index in [2.05, 4.69) is 14.9 Å². The van der Waals surface area contributed by atoms with Gasteiger partial charge in [-0.05, 0) is 30.7 Å². The number of anilines is 1. The van der Waals surface area contributed by atoms with Crippen molar-refractivity contribution in [2.45, 2.75) is 25.9 Å². The molecule has 1 fully saturated rings. The van der Waals surface area contributed by atoms with E-state index in [1.54, 1.807) is 12.4 Å². The van der Waals surface area contributed by atoms with Crippen LogP contribution in [0.4, 0.5) is 14.6 Å². The number of fused-ring (bicyclic) bond motifs is 1. The summed E-state index contributed by atoms with van der Waals surface area (Å²) in [5.41, 5.74) is 1.84. The number of pyridine rings is 2. The Morgan fingerprint density at radius 2 is 1.93 bits per heavy atom. The Labute approximate surface area is 160 Å². The highest BCUT2D eigenvalue weighted by atomic mass is 35.5. The van der Waals surface area contributed by atoms with Crippen molar-refractivity contribution in [3.05, 3.63) is 58.9 Å². The van der Waals surface area contributed by atoms with Crippen LogP contribution < -0.4 is 9.64 Å². The molecule has 3 aromatic rings. The summed E-state index contributed by atoms with van der Waals surface area (Å²) < 4.78 is 32.5. The molecule has 1 aliphatic heterocycles. The number of aryl methyl sites for hydroxylation is 1. The predicted octanol–water partition coefficient (Wildman–Crippen LogP) is 4.92. The summed E-state index contributed by atoms with van der Waals surface area (Å²) in [5, 5.41) is 1.59. The van der Waals surface area contributed by atoms with Crippen LogP contribution in [0.1, 0.15) is 18.4 Å². The number of ether oxygens (including phenoxy) is 1. The van der Waals surface area contributed by atoms with Gasteiger partial charge in [-0.15, -0.1) is 0 Å². The summed E-state index contributed by atoms with van der Waals surface area (Å²) in [6.45, 7) is 3.35. The molecule has 1 aromatic carbocycles. The summed E-state index contributed by atoms with van der Waals surface area (Å²) in [7, 11) is 0. The topological polar surface area (TPSA) is 38.2 Å². The zero-order chi connectivity index (χ0) is 19.0. The summed E-state index contributed by atoms with van der Waals surface area (Å²) in [5.74, 6) is -0.489. The van der Waals surface area contributed by atoms with Gasteiger partial charge in [0.25, 0.3) is 0 Å². The van der Waals surface area contributed by atoms with Gasteiger partial charge in [-0.1, -0.05) is 11.6 Å². The van der Waals surface area contributed by atoms with Gasteiger partial charge < -0.3 is 9.64 Å². The van der Waals surface area contributed by atoms with Gasteiger partial charge in [-0.2, -0.15) is 0 Å². The molecule has 0 N–H and O–H groups in total. The number of nitrogens with zero attached hydrogens (tertiary/aromatic N) is 3. The van der Waals surface area contributed by atoms with Crippen molar-refractivity contribution in [1.29, 1.82) is 0 Å². The Bertz CT molecular complexity index is 990. The van der Waals surface area contributed by atoms with Crippen molar-refractivity contribution in [3.63, 3.8) is 0 Å². The van der Waals surface area contributed by atoms with Crippen LogP contribution in [0.25, 0.3) is 10.9 Å². The minimum absolute atomic E-state index is 0.0817. The van der Waals surface area contributed by atoms with Crippen LogP contribution in [-0.2, 0) is 0 Å². The van der Waals surface area contributed by atoms with Crippen LogP contribution in [0.15, 0.2) is 36.7 Å². The van der Waals surface area contributed by atoms with Crippen LogP contribution in [0, 0.1) is 18.6 Å². The Morgan fingerprint density at radius 1 is 1.15 bits per heavy atom. The molecule has 1 aliphatic rings. The molecule has 7 heteroatoms. The zero-order valence-electron chi connectivity index (χ0n) is 14.8. The van der Waals surface area contributed by atoms with Crippen molar-refractivity contribution in [2.75, 3.05) is 18.0 Å². The minimum atomic E-state index is -0.681. The third-order valence-electron chi connectivity index (χ3n) is 4.81. The molecule has 0 amide bonds. The summed E-state index contributed by atoms with van der Waals surface area (Å²) in [4.78, 5) is 11.0. The molecular weight excluding hydrogens is 372 g/mol. The quantitative estimate of drug-likeness (QED) is 0.637. The number of hydrogen-bond donors (Lipinski definition) is 0. The fraction of sp³-hybridized carbons (Fsp3) is 0.300. The SMILES string of the molecule is Cc1cncc2nc(N3CCC(Oc4ccc(F)cc4F)CC3)c(Cl)cc12. The first-order valence-electron chi connectivity index (χ1n) is 8.79. The second kappa shape index (κ2) is 7.27. The molecule has 1 saturated heterocycles. The van der Waals surface area contributed by atoms with Crippen LogP contribution in [0.5, 0.6) is 5.75 Å². The fourth-order valence-electron chi connectivity index (χ4n) is 3.35. The average molecular weight is 390 g/mol. The minimum Gasteiger partial charge on any atom is -0.487 e. The molecule has 0 radical (unpaired) electrons. The molecule has 27 heavy (non-hydrogen) atoms. The highest BCUT2D eigenvalue weighted by Gasteiger charge is 2.24. The maximum Gasteiger partial charge on any atom is 0.167 e. The molecule has 0 spiro atoms. The van der Waals surface area contributed by atoms with Gasteiger partial charge in [-0.25, -0.2) is 13.8 Å². The summed E-state index contributed by atoms with van der Waals surface area (Å²) >= 11 is 6.47. The van der Waals surface area contributed by atoms with Gasteiger partial charge in [0.05, 0.1) is 16.7 Å². The molecule has 0 unspecified atom stereocenters. The standard InChI is InChI=1S/C20H18ClF2N3O/c1-12-10-24-11-18-15(12)9-16(21)20(25-18)26-6-4-14(5-7-26)27-19-3-2-13(22)8-17(19)23/h2-3,8-11,14H,4-7H2,1H3. The summed E-state index contributed by atoms with van der Waals surface area (Å²) in [6.07, 6.45) is 4.77. The molecule has 3 heterocycles. The first-order valence-corrected chi connectivity index (χ1v) is 9.16. The predicted molar refractivity (Wildman–Crippen MR) is 102 cm³/mol. The van der Waals surface area contributed by atoms with E-state index < -0.39 is 11.6 Å². The second-order valence-electron chi connectivity index (χ2n) is 6.70. The average Bonchev–Trinajstić information content (AvgIpc) is 2.65. The van der Waals surface area contributed by atoms with Crippen molar-refractivity contribution in [2.24, 2.45) is 0 Å². The van der Waals surface area contributed by atoms with Crippen LogP contribution in [0.3, 0.4) is 0 Å². The Kier molecular flexibility index (Phi) is 4.83. The van der Waals surface area contributed by atoms with Crippen molar-refractivity contribution in [1.82, 2.24) is 9.97 Å². The molecule has 4 nitrogen and oxygen atoms in total. The molecule has 2 aromatic heterocycles. The van der Waals surface area contributed by atoms with E-state index in [1.165, 1.54) is 12.1 Å². The number of benzene rings is 1. The van der Waals surface area contributed by atoms with E-state index in [9.17, 15) is 8.78 Å². The number of halogens is 3. The monoisotopic (exact) mass is 389 g/mol. The van der Waals surface area contributed by atoms with Crippen molar-refractivity contribution in [3.8, 4) is 5.75 Å². The molecule has 0 saturated carbocycles. The first kappa shape index (κ1) is 17.9. The van der Waals surface area contributed by atoms with Crippen LogP contribution in [0.2, 0.25) is 5.02 Å². The Morgan fingerprint density at radius 3 is 2.67 bits per heavy atom. The van der Waals surface area contributed by atoms with E-state index >= 15 is 0 Å². The van der Waals surface area contributed by atoms with Crippen molar-refractivity contribution >= 4 is 28.3 Å². The molecule has 4 rings (SSSR count). The molecule has 140 valence electrons. The highest BCUT2D eigenvalue weighted by molar-refractivity contribution is 6.33. The van der Waals surface area contributed by atoms with Gasteiger partial charge >= 0.3 is 0 Å². The largest absolute Gasteiger partial charge is 0.487 e. The van der Waals surface area contributed by atoms with Gasteiger partial charge in [-0.3, -0.25) is 4.98 Å². The normalized spacial score (nSPS) is 15.3. The van der Waals surface area contributed by atoms with Crippen molar-refractivity contribution < 1.29 is 13.5 Å². The smallest absolute Gasteiger partial charge is 0.167 e. The molecule has 0 bridgehead atoms. The van der Waals surface area contributed by atoms with Gasteiger partial charge in [0, 0.05) is 43.6 Å². The Hall–Kier alpha value is -2.47. The first-order chi connectivity index (χ1) is 13.0. The van der Waals surface area contributed by atoms with E-state index in [0.717, 1.165) is 28.4 Å². The third-order valence-corrected chi connectivity index (χ3v) is 5.08. The van der Waals surface area contributed by atoms with Crippen LogP contribution in [-0.4, -0.2) is 29.2 Å². The zero-order valence-corrected chi connectivity index (χ0v) is 15.5. The van der Waals surface area contributed by atoms with E-state index in [0.29, 0.717) is 31.0 Å². The lowest BCUT2D eigenvalue weighted by Crippen LogP contribution is -2.39. The second-order valence-corrected chi connectivity index (χ2v) is 7.10. The highest BCUT2D eigenvalue weighted by Crippen LogP contribution is 2.31. The molecular formula is C20H18ClF2N3O. The van der Waals surface area contributed by atoms with E-state index in [1.807, 2.05) is 13.0 Å². The van der Waals surface area contributed by atoms with Crippen LogP contribution >= 0.6 is 11.6 Å². The maximum atomic E-state index is 13.8. The van der Waals surface area contributed by atoms with Gasteiger partial charge in [0.15, 0.2) is 11.6 Å². The lowest BCUT2D eigenvalue weighted by molar-refractivity contribution is 0.163.